The number of nitrogens with zero attached hydrogens (tertiary/aromatic N) is 1. The Morgan fingerprint density at radius 1 is 1.25 bits per heavy atom. The van der Waals surface area contributed by atoms with Gasteiger partial charge in [-0.1, -0.05) is 12.8 Å². The van der Waals surface area contributed by atoms with Gasteiger partial charge in [0.15, 0.2) is 0 Å². The zero-order valence-electron chi connectivity index (χ0n) is 9.69. The molecule has 2 amide bonds. The van der Waals surface area contributed by atoms with Crippen molar-refractivity contribution in [2.75, 3.05) is 6.61 Å². The van der Waals surface area contributed by atoms with Crippen molar-refractivity contribution < 1.29 is 14.7 Å². The van der Waals surface area contributed by atoms with Crippen LogP contribution in [0.2, 0.25) is 0 Å². The zero-order chi connectivity index (χ0) is 11.7. The molecule has 0 bridgehead atoms. The summed E-state index contributed by atoms with van der Waals surface area (Å²) in [6.45, 7) is 1.86. The second-order valence-electron chi connectivity index (χ2n) is 4.91. The van der Waals surface area contributed by atoms with Crippen LogP contribution in [0.5, 0.6) is 0 Å². The van der Waals surface area contributed by atoms with Crippen molar-refractivity contribution >= 4 is 11.8 Å². The van der Waals surface area contributed by atoms with Crippen LogP contribution in [0.15, 0.2) is 0 Å². The van der Waals surface area contributed by atoms with Crippen molar-refractivity contribution in [3.63, 3.8) is 0 Å². The summed E-state index contributed by atoms with van der Waals surface area (Å²) >= 11 is 0. The van der Waals surface area contributed by atoms with Crippen molar-refractivity contribution in [3.8, 4) is 0 Å². The van der Waals surface area contributed by atoms with Gasteiger partial charge >= 0.3 is 0 Å². The molecule has 1 saturated carbocycles. The monoisotopic (exact) mass is 225 g/mol. The maximum absolute atomic E-state index is 12.1. The fraction of sp³-hybridized carbons (Fsp3) is 0.833. The highest BCUT2D eigenvalue weighted by Gasteiger charge is 2.49. The van der Waals surface area contributed by atoms with Crippen LogP contribution in [-0.4, -0.2) is 34.5 Å². The first kappa shape index (κ1) is 11.6. The maximum atomic E-state index is 12.1. The highest BCUT2D eigenvalue weighted by Crippen LogP contribution is 2.38. The lowest BCUT2D eigenvalue weighted by atomic mass is 9.81. The van der Waals surface area contributed by atoms with E-state index < -0.39 is 0 Å². The van der Waals surface area contributed by atoms with Gasteiger partial charge in [-0.15, -0.1) is 0 Å². The number of hydrogen-bond acceptors (Lipinski definition) is 3. The summed E-state index contributed by atoms with van der Waals surface area (Å²) in [4.78, 5) is 25.6. The quantitative estimate of drug-likeness (QED) is 0.727. The SMILES string of the molecule is CC(CCO)N1C(=O)C2CCCCC2C1=O. The predicted octanol–water partition coefficient (Wildman–Crippen LogP) is 0.932. The summed E-state index contributed by atoms with van der Waals surface area (Å²) in [5.41, 5.74) is 0. The third kappa shape index (κ3) is 1.75. The van der Waals surface area contributed by atoms with Gasteiger partial charge in [0.25, 0.3) is 0 Å². The normalized spacial score (nSPS) is 31.8. The molecular formula is C12H19NO3. The third-order valence-corrected chi connectivity index (χ3v) is 3.86. The summed E-state index contributed by atoms with van der Waals surface area (Å²) < 4.78 is 0. The van der Waals surface area contributed by atoms with Crippen molar-refractivity contribution in [3.05, 3.63) is 0 Å². The number of hydrogen-bond donors (Lipinski definition) is 1. The van der Waals surface area contributed by atoms with Crippen LogP contribution in [0.1, 0.15) is 39.0 Å². The number of carbonyl (C=O) groups excluding carboxylic acids is 2. The van der Waals surface area contributed by atoms with E-state index in [0.717, 1.165) is 25.7 Å². The number of aliphatic hydroxyl groups is 1. The molecular weight excluding hydrogens is 206 g/mol. The first-order chi connectivity index (χ1) is 7.66. The third-order valence-electron chi connectivity index (χ3n) is 3.86. The average molecular weight is 225 g/mol. The number of imide groups is 1. The summed E-state index contributed by atoms with van der Waals surface area (Å²) in [6, 6.07) is -0.157. The zero-order valence-corrected chi connectivity index (χ0v) is 9.69. The summed E-state index contributed by atoms with van der Waals surface area (Å²) in [5.74, 6) is -0.143. The molecule has 1 aliphatic heterocycles. The van der Waals surface area contributed by atoms with Gasteiger partial charge < -0.3 is 5.11 Å². The number of carbonyl (C=O) groups is 2. The number of amides is 2. The van der Waals surface area contributed by atoms with E-state index in [0.29, 0.717) is 6.42 Å². The maximum Gasteiger partial charge on any atom is 0.233 e. The lowest BCUT2D eigenvalue weighted by molar-refractivity contribution is -0.142. The Morgan fingerprint density at radius 2 is 1.75 bits per heavy atom. The first-order valence-electron chi connectivity index (χ1n) is 6.14. The molecule has 1 heterocycles. The number of fused-ring (bicyclic) bond motifs is 1. The van der Waals surface area contributed by atoms with Crippen LogP contribution in [0.4, 0.5) is 0 Å². The molecule has 4 nitrogen and oxygen atoms in total. The number of rotatable bonds is 3. The molecule has 1 saturated heterocycles. The van der Waals surface area contributed by atoms with Crippen molar-refractivity contribution in [1.82, 2.24) is 4.90 Å². The molecule has 4 heteroatoms. The van der Waals surface area contributed by atoms with Gasteiger partial charge in [0, 0.05) is 12.6 Å². The van der Waals surface area contributed by atoms with Gasteiger partial charge in [0.05, 0.1) is 11.8 Å². The minimum atomic E-state index is -0.157. The molecule has 3 unspecified atom stereocenters. The highest BCUT2D eigenvalue weighted by atomic mass is 16.3. The van der Waals surface area contributed by atoms with Crippen LogP contribution in [0.25, 0.3) is 0 Å². The smallest absolute Gasteiger partial charge is 0.233 e. The van der Waals surface area contributed by atoms with Gasteiger partial charge in [-0.25, -0.2) is 0 Å². The second-order valence-corrected chi connectivity index (χ2v) is 4.91. The fourth-order valence-corrected chi connectivity index (χ4v) is 2.94. The van der Waals surface area contributed by atoms with Gasteiger partial charge in [-0.2, -0.15) is 0 Å². The molecule has 3 atom stereocenters. The lowest BCUT2D eigenvalue weighted by Gasteiger charge is -2.22. The summed E-state index contributed by atoms with van der Waals surface area (Å²) in [5, 5.41) is 8.88. The van der Waals surface area contributed by atoms with Gasteiger partial charge in [-0.05, 0) is 26.2 Å². The standard InChI is InChI=1S/C12H19NO3/c1-8(6-7-14)13-11(15)9-4-2-3-5-10(9)12(13)16/h8-10,14H,2-7H2,1H3. The fourth-order valence-electron chi connectivity index (χ4n) is 2.94. The number of likely N-dealkylation sites (tertiary alicyclic amines) is 1. The molecule has 16 heavy (non-hydrogen) atoms. The molecule has 1 aliphatic carbocycles. The van der Waals surface area contributed by atoms with Crippen LogP contribution >= 0.6 is 0 Å². The highest BCUT2D eigenvalue weighted by molar-refractivity contribution is 6.05. The van der Waals surface area contributed by atoms with E-state index in [-0.39, 0.29) is 36.3 Å². The Morgan fingerprint density at radius 3 is 2.19 bits per heavy atom. The molecule has 2 aliphatic rings. The topological polar surface area (TPSA) is 57.6 Å². The largest absolute Gasteiger partial charge is 0.396 e. The van der Waals surface area contributed by atoms with E-state index in [9.17, 15) is 9.59 Å². The van der Waals surface area contributed by atoms with Crippen LogP contribution in [0.3, 0.4) is 0 Å². The molecule has 2 fully saturated rings. The molecule has 0 aromatic rings. The van der Waals surface area contributed by atoms with Crippen LogP contribution < -0.4 is 0 Å². The Balaban J connectivity index is 2.15. The van der Waals surface area contributed by atoms with Crippen LogP contribution in [-0.2, 0) is 9.59 Å². The van der Waals surface area contributed by atoms with Crippen molar-refractivity contribution in [1.29, 1.82) is 0 Å². The van der Waals surface area contributed by atoms with E-state index in [1.807, 2.05) is 6.92 Å². The first-order valence-corrected chi connectivity index (χ1v) is 6.14. The van der Waals surface area contributed by atoms with E-state index >= 15 is 0 Å². The predicted molar refractivity (Wildman–Crippen MR) is 58.5 cm³/mol. The van der Waals surface area contributed by atoms with E-state index in [4.69, 9.17) is 5.11 Å². The Labute approximate surface area is 95.6 Å². The van der Waals surface area contributed by atoms with Crippen LogP contribution in [0, 0.1) is 11.8 Å². The average Bonchev–Trinajstić information content (AvgIpc) is 2.53. The van der Waals surface area contributed by atoms with Gasteiger partial charge in [0.2, 0.25) is 11.8 Å². The van der Waals surface area contributed by atoms with E-state index in [2.05, 4.69) is 0 Å². The second kappa shape index (κ2) is 4.53. The number of aliphatic hydroxyl groups excluding tert-OH is 1. The van der Waals surface area contributed by atoms with Gasteiger partial charge in [-0.3, -0.25) is 14.5 Å². The lowest BCUT2D eigenvalue weighted by Crippen LogP contribution is -2.39. The Hall–Kier alpha value is -0.900. The Kier molecular flexibility index (Phi) is 3.28. The minimum absolute atomic E-state index is 0.00403. The molecule has 0 aromatic heterocycles. The molecule has 0 radical (unpaired) electrons. The Bertz CT molecular complexity index is 279. The van der Waals surface area contributed by atoms with Gasteiger partial charge in [0.1, 0.15) is 0 Å². The summed E-state index contributed by atoms with van der Waals surface area (Å²) in [6.07, 6.45) is 4.32. The van der Waals surface area contributed by atoms with Crippen molar-refractivity contribution in [2.45, 2.75) is 45.1 Å². The molecule has 90 valence electrons. The van der Waals surface area contributed by atoms with Crippen molar-refractivity contribution in [2.24, 2.45) is 11.8 Å². The molecule has 0 aromatic carbocycles. The van der Waals surface area contributed by atoms with E-state index in [1.165, 1.54) is 4.90 Å². The minimum Gasteiger partial charge on any atom is -0.396 e. The molecule has 2 rings (SSSR count). The summed E-state index contributed by atoms with van der Waals surface area (Å²) in [7, 11) is 0. The van der Waals surface area contributed by atoms with E-state index in [1.54, 1.807) is 0 Å². The molecule has 0 spiro atoms. The molecule has 1 N–H and O–H groups in total.